The summed E-state index contributed by atoms with van der Waals surface area (Å²) in [6.07, 6.45) is 0. The van der Waals surface area contributed by atoms with Crippen molar-refractivity contribution < 1.29 is 4.39 Å². The van der Waals surface area contributed by atoms with Crippen molar-refractivity contribution in [2.45, 2.75) is 0 Å². The molecule has 0 saturated heterocycles. The SMILES string of the molecule is Fc1ccc(-n2nc(Br)cc2I)cc1. The Bertz CT molecular complexity index is 452. The highest BCUT2D eigenvalue weighted by Gasteiger charge is 2.04. The van der Waals surface area contributed by atoms with Crippen LogP contribution in [-0.2, 0) is 0 Å². The Balaban J connectivity index is 2.49. The highest BCUT2D eigenvalue weighted by Crippen LogP contribution is 2.17. The van der Waals surface area contributed by atoms with Crippen molar-refractivity contribution in [3.63, 3.8) is 0 Å². The predicted octanol–water partition coefficient (Wildman–Crippen LogP) is 3.38. The van der Waals surface area contributed by atoms with Gasteiger partial charge in [0.1, 0.15) is 14.1 Å². The van der Waals surface area contributed by atoms with Crippen molar-refractivity contribution in [1.82, 2.24) is 9.78 Å². The molecule has 1 heterocycles. The molecule has 1 aromatic heterocycles. The minimum atomic E-state index is -0.241. The van der Waals surface area contributed by atoms with Gasteiger partial charge in [0, 0.05) is 6.07 Å². The molecule has 0 amide bonds. The second kappa shape index (κ2) is 3.98. The molecule has 0 spiro atoms. The van der Waals surface area contributed by atoms with Gasteiger partial charge in [-0.05, 0) is 62.8 Å². The van der Waals surface area contributed by atoms with Gasteiger partial charge in [-0.25, -0.2) is 9.07 Å². The quantitative estimate of drug-likeness (QED) is 0.707. The van der Waals surface area contributed by atoms with Crippen molar-refractivity contribution in [1.29, 1.82) is 0 Å². The summed E-state index contributed by atoms with van der Waals surface area (Å²) in [7, 11) is 0. The third kappa shape index (κ3) is 1.98. The lowest BCUT2D eigenvalue weighted by molar-refractivity contribution is 0.627. The monoisotopic (exact) mass is 366 g/mol. The lowest BCUT2D eigenvalue weighted by Crippen LogP contribution is -1.98. The van der Waals surface area contributed by atoms with Gasteiger partial charge in [-0.2, -0.15) is 5.10 Å². The molecular weight excluding hydrogens is 362 g/mol. The third-order valence-corrected chi connectivity index (χ3v) is 2.86. The van der Waals surface area contributed by atoms with Crippen LogP contribution >= 0.6 is 38.5 Å². The van der Waals surface area contributed by atoms with E-state index in [1.54, 1.807) is 16.8 Å². The molecule has 1 aromatic carbocycles. The summed E-state index contributed by atoms with van der Waals surface area (Å²) in [4.78, 5) is 0. The van der Waals surface area contributed by atoms with Crippen LogP contribution in [0.15, 0.2) is 34.9 Å². The maximum Gasteiger partial charge on any atom is 0.129 e. The molecule has 14 heavy (non-hydrogen) atoms. The minimum absolute atomic E-state index is 0.241. The van der Waals surface area contributed by atoms with Crippen LogP contribution in [0.4, 0.5) is 4.39 Å². The zero-order valence-electron chi connectivity index (χ0n) is 6.92. The van der Waals surface area contributed by atoms with E-state index in [4.69, 9.17) is 0 Å². The van der Waals surface area contributed by atoms with Gasteiger partial charge >= 0.3 is 0 Å². The maximum atomic E-state index is 12.7. The summed E-state index contributed by atoms with van der Waals surface area (Å²) in [5.41, 5.74) is 0.849. The molecule has 0 bridgehead atoms. The molecule has 2 rings (SSSR count). The zero-order valence-corrected chi connectivity index (χ0v) is 10.7. The molecule has 0 radical (unpaired) electrons. The number of rotatable bonds is 1. The van der Waals surface area contributed by atoms with Crippen LogP contribution in [0, 0.1) is 9.52 Å². The molecule has 0 fully saturated rings. The first kappa shape index (κ1) is 10.1. The minimum Gasteiger partial charge on any atom is -0.226 e. The fraction of sp³-hybridized carbons (Fsp3) is 0. The predicted molar refractivity (Wildman–Crippen MR) is 63.9 cm³/mol. The van der Waals surface area contributed by atoms with Gasteiger partial charge in [0.05, 0.1) is 5.69 Å². The number of benzene rings is 1. The highest BCUT2D eigenvalue weighted by molar-refractivity contribution is 14.1. The van der Waals surface area contributed by atoms with Gasteiger partial charge in [0.25, 0.3) is 0 Å². The van der Waals surface area contributed by atoms with E-state index in [9.17, 15) is 4.39 Å². The van der Waals surface area contributed by atoms with Crippen LogP contribution < -0.4 is 0 Å². The highest BCUT2D eigenvalue weighted by atomic mass is 127. The number of aromatic nitrogens is 2. The summed E-state index contributed by atoms with van der Waals surface area (Å²) in [5.74, 6) is -0.241. The summed E-state index contributed by atoms with van der Waals surface area (Å²) in [6, 6.07) is 8.11. The Labute approximate surface area is 102 Å². The first-order valence-corrected chi connectivity index (χ1v) is 5.71. The van der Waals surface area contributed by atoms with Gasteiger partial charge in [-0.1, -0.05) is 0 Å². The van der Waals surface area contributed by atoms with E-state index in [2.05, 4.69) is 43.6 Å². The molecule has 0 aliphatic carbocycles. The second-order valence-electron chi connectivity index (χ2n) is 2.68. The van der Waals surface area contributed by atoms with Crippen molar-refractivity contribution in [3.05, 3.63) is 44.5 Å². The normalized spacial score (nSPS) is 10.5. The van der Waals surface area contributed by atoms with Crippen LogP contribution in [0.1, 0.15) is 0 Å². The summed E-state index contributed by atoms with van der Waals surface area (Å²) in [5, 5.41) is 4.21. The van der Waals surface area contributed by atoms with Crippen LogP contribution in [0.25, 0.3) is 5.69 Å². The fourth-order valence-corrected chi connectivity index (χ4v) is 2.58. The molecule has 0 N–H and O–H groups in total. The van der Waals surface area contributed by atoms with E-state index in [1.807, 2.05) is 6.07 Å². The van der Waals surface area contributed by atoms with Crippen LogP contribution in [-0.4, -0.2) is 9.78 Å². The Hall–Kier alpha value is -0.430. The van der Waals surface area contributed by atoms with Gasteiger partial charge in [-0.3, -0.25) is 0 Å². The van der Waals surface area contributed by atoms with Crippen LogP contribution in [0.2, 0.25) is 0 Å². The molecule has 0 saturated carbocycles. The average molecular weight is 367 g/mol. The van der Waals surface area contributed by atoms with Crippen molar-refractivity contribution in [2.24, 2.45) is 0 Å². The lowest BCUT2D eigenvalue weighted by atomic mass is 10.3. The van der Waals surface area contributed by atoms with Crippen molar-refractivity contribution in [2.75, 3.05) is 0 Å². The van der Waals surface area contributed by atoms with Crippen LogP contribution in [0.5, 0.6) is 0 Å². The summed E-state index contributed by atoms with van der Waals surface area (Å²) >= 11 is 5.45. The van der Waals surface area contributed by atoms with Gasteiger partial charge in [-0.15, -0.1) is 0 Å². The number of hydrogen-bond donors (Lipinski definition) is 0. The van der Waals surface area contributed by atoms with Gasteiger partial charge < -0.3 is 0 Å². The summed E-state index contributed by atoms with van der Waals surface area (Å²) in [6.45, 7) is 0. The molecule has 0 aliphatic heterocycles. The van der Waals surface area contributed by atoms with E-state index in [-0.39, 0.29) is 5.82 Å². The van der Waals surface area contributed by atoms with Crippen molar-refractivity contribution in [3.8, 4) is 5.69 Å². The van der Waals surface area contributed by atoms with E-state index in [1.165, 1.54) is 12.1 Å². The summed E-state index contributed by atoms with van der Waals surface area (Å²) < 4.78 is 16.2. The lowest BCUT2D eigenvalue weighted by Gasteiger charge is -2.01. The molecule has 2 aromatic rings. The first-order valence-electron chi connectivity index (χ1n) is 3.84. The standard InChI is InChI=1S/C9H5BrFIN2/c10-8-5-9(12)14(13-8)7-3-1-6(11)2-4-7/h1-5H. The molecule has 0 atom stereocenters. The zero-order chi connectivity index (χ0) is 10.1. The molecule has 0 unspecified atom stereocenters. The van der Waals surface area contributed by atoms with E-state index < -0.39 is 0 Å². The smallest absolute Gasteiger partial charge is 0.129 e. The molecule has 5 heteroatoms. The number of nitrogens with zero attached hydrogens (tertiary/aromatic N) is 2. The number of halogens is 3. The molecular formula is C9H5BrFIN2. The fourth-order valence-electron chi connectivity index (χ4n) is 1.09. The number of hydrogen-bond acceptors (Lipinski definition) is 1. The molecule has 2 nitrogen and oxygen atoms in total. The Kier molecular flexibility index (Phi) is 2.87. The van der Waals surface area contributed by atoms with Gasteiger partial charge in [0.15, 0.2) is 0 Å². The third-order valence-electron chi connectivity index (χ3n) is 1.71. The van der Waals surface area contributed by atoms with Crippen LogP contribution in [0.3, 0.4) is 0 Å². The average Bonchev–Trinajstić information content (AvgIpc) is 2.47. The maximum absolute atomic E-state index is 12.7. The second-order valence-corrected chi connectivity index (χ2v) is 4.60. The molecule has 72 valence electrons. The largest absolute Gasteiger partial charge is 0.226 e. The van der Waals surface area contributed by atoms with Crippen molar-refractivity contribution >= 4 is 38.5 Å². The Morgan fingerprint density at radius 2 is 1.93 bits per heavy atom. The molecule has 0 aliphatic rings. The van der Waals surface area contributed by atoms with E-state index in [0.29, 0.717) is 0 Å². The topological polar surface area (TPSA) is 17.8 Å². The Morgan fingerprint density at radius 3 is 2.43 bits per heavy atom. The first-order chi connectivity index (χ1) is 6.66. The Morgan fingerprint density at radius 1 is 1.29 bits per heavy atom. The van der Waals surface area contributed by atoms with E-state index in [0.717, 1.165) is 14.0 Å². The van der Waals surface area contributed by atoms with E-state index >= 15 is 0 Å². The van der Waals surface area contributed by atoms with Gasteiger partial charge in [0.2, 0.25) is 0 Å².